The number of rotatable bonds is 7. The highest BCUT2D eigenvalue weighted by molar-refractivity contribution is 5.76. The number of aliphatic carboxylic acids is 1. The van der Waals surface area contributed by atoms with Gasteiger partial charge in [-0.3, -0.25) is 9.69 Å². The fourth-order valence-corrected chi connectivity index (χ4v) is 3.02. The molecule has 21 heavy (non-hydrogen) atoms. The van der Waals surface area contributed by atoms with E-state index in [1.54, 1.807) is 4.90 Å². The number of urea groups is 1. The Morgan fingerprint density at radius 2 is 1.90 bits per heavy atom. The van der Waals surface area contributed by atoms with Crippen molar-refractivity contribution < 1.29 is 14.7 Å². The van der Waals surface area contributed by atoms with E-state index in [1.807, 2.05) is 0 Å². The van der Waals surface area contributed by atoms with Gasteiger partial charge in [-0.25, -0.2) is 4.79 Å². The highest BCUT2D eigenvalue weighted by atomic mass is 16.4. The van der Waals surface area contributed by atoms with Crippen molar-refractivity contribution >= 4 is 12.0 Å². The summed E-state index contributed by atoms with van der Waals surface area (Å²) in [5, 5.41) is 11.8. The lowest BCUT2D eigenvalue weighted by Gasteiger charge is -2.31. The maximum absolute atomic E-state index is 12.2. The molecule has 1 atom stereocenters. The van der Waals surface area contributed by atoms with Gasteiger partial charge in [0, 0.05) is 37.8 Å². The Kier molecular flexibility index (Phi) is 6.95. The number of carbonyl (C=O) groups excluding carboxylic acids is 1. The summed E-state index contributed by atoms with van der Waals surface area (Å²) in [6.45, 7) is 10.6. The molecule has 0 aromatic carbocycles. The van der Waals surface area contributed by atoms with Crippen molar-refractivity contribution in [2.24, 2.45) is 0 Å². The van der Waals surface area contributed by atoms with Gasteiger partial charge < -0.3 is 15.3 Å². The molecule has 1 unspecified atom stereocenters. The summed E-state index contributed by atoms with van der Waals surface area (Å²) in [4.78, 5) is 27.0. The van der Waals surface area contributed by atoms with Crippen LogP contribution in [0, 0.1) is 0 Å². The number of carbonyl (C=O) groups is 2. The number of likely N-dealkylation sites (tertiary alicyclic amines) is 1. The SMILES string of the molecule is CC(C)N(CCNC(=O)N1CCCC1CC(=O)O)C(C)C. The van der Waals surface area contributed by atoms with Gasteiger partial charge in [-0.15, -0.1) is 0 Å². The zero-order chi connectivity index (χ0) is 16.0. The Labute approximate surface area is 127 Å². The average molecular weight is 299 g/mol. The number of carboxylic acid groups (broad SMARTS) is 1. The average Bonchev–Trinajstić information content (AvgIpc) is 2.80. The number of hydrogen-bond donors (Lipinski definition) is 2. The van der Waals surface area contributed by atoms with Crippen molar-refractivity contribution in [3.8, 4) is 0 Å². The van der Waals surface area contributed by atoms with Gasteiger partial charge in [-0.1, -0.05) is 0 Å². The first kappa shape index (κ1) is 17.8. The summed E-state index contributed by atoms with van der Waals surface area (Å²) in [6, 6.07) is 0.585. The third-order valence-corrected chi connectivity index (χ3v) is 4.02. The van der Waals surface area contributed by atoms with E-state index in [0.717, 1.165) is 19.4 Å². The molecule has 2 amide bonds. The van der Waals surface area contributed by atoms with E-state index in [9.17, 15) is 9.59 Å². The first-order valence-corrected chi connectivity index (χ1v) is 7.85. The molecule has 1 aliphatic heterocycles. The number of nitrogens with one attached hydrogen (secondary N) is 1. The van der Waals surface area contributed by atoms with Gasteiger partial charge in [0.05, 0.1) is 6.42 Å². The molecule has 1 fully saturated rings. The fraction of sp³-hybridized carbons (Fsp3) is 0.867. The van der Waals surface area contributed by atoms with Crippen LogP contribution in [0.15, 0.2) is 0 Å². The number of hydrogen-bond acceptors (Lipinski definition) is 3. The largest absolute Gasteiger partial charge is 0.481 e. The maximum atomic E-state index is 12.2. The summed E-state index contributed by atoms with van der Waals surface area (Å²) in [7, 11) is 0. The van der Waals surface area contributed by atoms with Gasteiger partial charge in [0.15, 0.2) is 0 Å². The van der Waals surface area contributed by atoms with Crippen LogP contribution in [-0.4, -0.2) is 64.7 Å². The molecule has 0 radical (unpaired) electrons. The van der Waals surface area contributed by atoms with Crippen LogP contribution in [0.5, 0.6) is 0 Å². The first-order chi connectivity index (χ1) is 9.82. The zero-order valence-electron chi connectivity index (χ0n) is 13.6. The van der Waals surface area contributed by atoms with Crippen LogP contribution in [0.3, 0.4) is 0 Å². The van der Waals surface area contributed by atoms with E-state index in [0.29, 0.717) is 25.2 Å². The Hall–Kier alpha value is -1.30. The van der Waals surface area contributed by atoms with Gasteiger partial charge in [0.2, 0.25) is 0 Å². The molecule has 1 rings (SSSR count). The monoisotopic (exact) mass is 299 g/mol. The van der Waals surface area contributed by atoms with Gasteiger partial charge in [-0.05, 0) is 40.5 Å². The predicted octanol–water partition coefficient (Wildman–Crippen LogP) is 1.75. The molecule has 0 bridgehead atoms. The van der Waals surface area contributed by atoms with Gasteiger partial charge in [0.1, 0.15) is 0 Å². The van der Waals surface area contributed by atoms with Crippen molar-refractivity contribution in [3.63, 3.8) is 0 Å². The summed E-state index contributed by atoms with van der Waals surface area (Å²) >= 11 is 0. The standard InChI is InChI=1S/C15H29N3O3/c1-11(2)17(12(3)4)9-7-16-15(21)18-8-5-6-13(18)10-14(19)20/h11-13H,5-10H2,1-4H3,(H,16,21)(H,19,20). The van der Waals surface area contributed by atoms with Crippen LogP contribution in [0.1, 0.15) is 47.0 Å². The van der Waals surface area contributed by atoms with Crippen molar-refractivity contribution in [1.82, 2.24) is 15.1 Å². The van der Waals surface area contributed by atoms with Crippen molar-refractivity contribution in [3.05, 3.63) is 0 Å². The van der Waals surface area contributed by atoms with Crippen LogP contribution < -0.4 is 5.32 Å². The minimum absolute atomic E-state index is 0.0392. The number of carboxylic acids is 1. The lowest BCUT2D eigenvalue weighted by Crippen LogP contribution is -2.47. The van der Waals surface area contributed by atoms with E-state index in [4.69, 9.17) is 5.11 Å². The predicted molar refractivity (Wildman–Crippen MR) is 82.4 cm³/mol. The molecule has 1 saturated heterocycles. The summed E-state index contributed by atoms with van der Waals surface area (Å²) < 4.78 is 0. The molecule has 0 aromatic rings. The second kappa shape index (κ2) is 8.22. The van der Waals surface area contributed by atoms with Crippen molar-refractivity contribution in [1.29, 1.82) is 0 Å². The van der Waals surface area contributed by atoms with Crippen LogP contribution in [0.4, 0.5) is 4.79 Å². The molecule has 6 heteroatoms. The Balaban J connectivity index is 2.41. The van der Waals surface area contributed by atoms with E-state index in [2.05, 4.69) is 37.9 Å². The number of amides is 2. The third kappa shape index (κ3) is 5.53. The van der Waals surface area contributed by atoms with Crippen LogP contribution in [0.2, 0.25) is 0 Å². The van der Waals surface area contributed by atoms with Crippen LogP contribution >= 0.6 is 0 Å². The minimum atomic E-state index is -0.842. The van der Waals surface area contributed by atoms with E-state index in [1.165, 1.54) is 0 Å². The highest BCUT2D eigenvalue weighted by Crippen LogP contribution is 2.19. The second-order valence-electron chi connectivity index (χ2n) is 6.24. The Morgan fingerprint density at radius 1 is 1.29 bits per heavy atom. The van der Waals surface area contributed by atoms with Crippen LogP contribution in [-0.2, 0) is 4.79 Å². The third-order valence-electron chi connectivity index (χ3n) is 4.02. The maximum Gasteiger partial charge on any atom is 0.317 e. The normalized spacial score (nSPS) is 18.8. The molecule has 0 spiro atoms. The van der Waals surface area contributed by atoms with E-state index >= 15 is 0 Å². The molecular formula is C15H29N3O3. The quantitative estimate of drug-likeness (QED) is 0.751. The topological polar surface area (TPSA) is 72.9 Å². The summed E-state index contributed by atoms with van der Waals surface area (Å²) in [5.41, 5.74) is 0. The van der Waals surface area contributed by atoms with E-state index in [-0.39, 0.29) is 18.5 Å². The Morgan fingerprint density at radius 3 is 2.43 bits per heavy atom. The van der Waals surface area contributed by atoms with E-state index < -0.39 is 5.97 Å². The molecule has 122 valence electrons. The van der Waals surface area contributed by atoms with Gasteiger partial charge in [0.25, 0.3) is 0 Å². The number of nitrogens with zero attached hydrogens (tertiary/aromatic N) is 2. The zero-order valence-corrected chi connectivity index (χ0v) is 13.6. The van der Waals surface area contributed by atoms with Crippen LogP contribution in [0.25, 0.3) is 0 Å². The Bertz CT molecular complexity index is 350. The molecule has 0 aliphatic carbocycles. The van der Waals surface area contributed by atoms with Gasteiger partial charge in [-0.2, -0.15) is 0 Å². The molecule has 6 nitrogen and oxygen atoms in total. The van der Waals surface area contributed by atoms with Crippen molar-refractivity contribution in [2.75, 3.05) is 19.6 Å². The lowest BCUT2D eigenvalue weighted by molar-refractivity contribution is -0.137. The summed E-state index contributed by atoms with van der Waals surface area (Å²) in [5.74, 6) is -0.842. The van der Waals surface area contributed by atoms with Crippen molar-refractivity contribution in [2.45, 2.75) is 65.1 Å². The lowest BCUT2D eigenvalue weighted by atomic mass is 10.1. The first-order valence-electron chi connectivity index (χ1n) is 7.85. The molecule has 0 aromatic heterocycles. The molecular weight excluding hydrogens is 270 g/mol. The molecule has 0 saturated carbocycles. The molecule has 1 heterocycles. The fourth-order valence-electron chi connectivity index (χ4n) is 3.02. The smallest absolute Gasteiger partial charge is 0.317 e. The molecule has 2 N–H and O–H groups in total. The summed E-state index contributed by atoms with van der Waals surface area (Å²) in [6.07, 6.45) is 1.71. The minimum Gasteiger partial charge on any atom is -0.481 e. The molecule has 1 aliphatic rings. The second-order valence-corrected chi connectivity index (χ2v) is 6.24. The highest BCUT2D eigenvalue weighted by Gasteiger charge is 2.30. The van der Waals surface area contributed by atoms with Gasteiger partial charge >= 0.3 is 12.0 Å².